The zero-order chi connectivity index (χ0) is 18.7. The third-order valence-electron chi connectivity index (χ3n) is 3.94. The van der Waals surface area contributed by atoms with E-state index < -0.39 is 17.8 Å². The number of piperidine rings is 1. The fourth-order valence-electron chi connectivity index (χ4n) is 2.64. The number of primary amides is 1. The van der Waals surface area contributed by atoms with Crippen LogP contribution in [0, 0.1) is 0 Å². The largest absolute Gasteiger partial charge is 0.490 e. The van der Waals surface area contributed by atoms with Crippen molar-refractivity contribution in [3.8, 4) is 5.75 Å². The van der Waals surface area contributed by atoms with Crippen LogP contribution in [0.25, 0.3) is 0 Å². The Bertz CT molecular complexity index is 791. The number of amides is 1. The Morgan fingerprint density at radius 2 is 1.88 bits per heavy atom. The Balaban J connectivity index is 1.61. The van der Waals surface area contributed by atoms with E-state index in [9.17, 15) is 18.0 Å². The van der Waals surface area contributed by atoms with Crippen LogP contribution in [0.15, 0.2) is 30.6 Å². The molecule has 1 aliphatic heterocycles. The van der Waals surface area contributed by atoms with Crippen molar-refractivity contribution in [2.45, 2.75) is 25.1 Å². The smallest absolute Gasteiger partial charge is 0.433 e. The van der Waals surface area contributed by atoms with E-state index in [1.807, 2.05) is 0 Å². The number of nitrogens with two attached hydrogens (primary N) is 1. The summed E-state index contributed by atoms with van der Waals surface area (Å²) in [7, 11) is 0. The summed E-state index contributed by atoms with van der Waals surface area (Å²) < 4.78 is 44.1. The lowest BCUT2D eigenvalue weighted by molar-refractivity contribution is -0.141. The minimum absolute atomic E-state index is 0.0539. The van der Waals surface area contributed by atoms with Crippen LogP contribution in [-0.4, -0.2) is 40.1 Å². The minimum Gasteiger partial charge on any atom is -0.490 e. The number of pyridine rings is 1. The fraction of sp³-hybridized carbons (Fsp3) is 0.375. The van der Waals surface area contributed by atoms with Gasteiger partial charge in [0.25, 0.3) is 5.91 Å². The van der Waals surface area contributed by atoms with Gasteiger partial charge < -0.3 is 15.4 Å². The molecule has 0 unspecified atom stereocenters. The second-order valence-electron chi connectivity index (χ2n) is 5.78. The molecule has 1 saturated heterocycles. The standard InChI is InChI=1S/C16H16F3N5O2/c17-16(18,19)13-2-6-22-15(23-13)24-7-3-10(4-8-24)26-11-1-5-21-12(9-11)14(20)25/h1-2,5-6,9-10H,3-4,7-8H2,(H2,20,25). The SMILES string of the molecule is NC(=O)c1cc(OC2CCN(c3nccc(C(F)(F)F)n3)CC2)ccn1. The molecule has 26 heavy (non-hydrogen) atoms. The Morgan fingerprint density at radius 3 is 2.54 bits per heavy atom. The van der Waals surface area contributed by atoms with E-state index in [1.54, 1.807) is 11.0 Å². The number of anilines is 1. The van der Waals surface area contributed by atoms with E-state index in [2.05, 4.69) is 15.0 Å². The van der Waals surface area contributed by atoms with Crippen LogP contribution in [0.2, 0.25) is 0 Å². The Hall–Kier alpha value is -2.91. The van der Waals surface area contributed by atoms with Crippen molar-refractivity contribution in [1.82, 2.24) is 15.0 Å². The highest BCUT2D eigenvalue weighted by molar-refractivity contribution is 5.91. The van der Waals surface area contributed by atoms with Gasteiger partial charge in [-0.25, -0.2) is 9.97 Å². The van der Waals surface area contributed by atoms with Gasteiger partial charge in [0.15, 0.2) is 0 Å². The molecule has 1 fully saturated rings. The predicted octanol–water partition coefficient (Wildman–Crippen LogP) is 2.04. The van der Waals surface area contributed by atoms with Gasteiger partial charge in [-0.05, 0) is 12.1 Å². The average Bonchev–Trinajstić information content (AvgIpc) is 2.62. The first-order valence-corrected chi connectivity index (χ1v) is 7.90. The average molecular weight is 367 g/mol. The molecule has 0 radical (unpaired) electrons. The van der Waals surface area contributed by atoms with Crippen LogP contribution in [-0.2, 0) is 6.18 Å². The molecule has 0 spiro atoms. The van der Waals surface area contributed by atoms with Gasteiger partial charge in [0.05, 0.1) is 0 Å². The van der Waals surface area contributed by atoms with Crippen LogP contribution in [0.1, 0.15) is 29.0 Å². The predicted molar refractivity (Wildman–Crippen MR) is 85.7 cm³/mol. The second-order valence-corrected chi connectivity index (χ2v) is 5.78. The van der Waals surface area contributed by atoms with Crippen molar-refractivity contribution < 1.29 is 22.7 Å². The van der Waals surface area contributed by atoms with Gasteiger partial charge in [-0.2, -0.15) is 13.2 Å². The third kappa shape index (κ3) is 4.19. The van der Waals surface area contributed by atoms with Gasteiger partial charge in [0.1, 0.15) is 23.2 Å². The lowest BCUT2D eigenvalue weighted by atomic mass is 10.1. The molecule has 0 bridgehead atoms. The van der Waals surface area contributed by atoms with Crippen molar-refractivity contribution >= 4 is 11.9 Å². The number of ether oxygens (including phenoxy) is 1. The Kier molecular flexibility index (Phi) is 4.92. The highest BCUT2D eigenvalue weighted by Gasteiger charge is 2.33. The molecule has 2 aromatic heterocycles. The van der Waals surface area contributed by atoms with E-state index in [0.29, 0.717) is 31.7 Å². The lowest BCUT2D eigenvalue weighted by Gasteiger charge is -2.32. The second kappa shape index (κ2) is 7.14. The highest BCUT2D eigenvalue weighted by atomic mass is 19.4. The quantitative estimate of drug-likeness (QED) is 0.889. The summed E-state index contributed by atoms with van der Waals surface area (Å²) in [6, 6.07) is 3.93. The van der Waals surface area contributed by atoms with E-state index in [0.717, 1.165) is 12.3 Å². The van der Waals surface area contributed by atoms with E-state index >= 15 is 0 Å². The van der Waals surface area contributed by atoms with E-state index in [1.165, 1.54) is 12.3 Å². The van der Waals surface area contributed by atoms with Gasteiger partial charge in [0, 0.05) is 44.4 Å². The summed E-state index contributed by atoms with van der Waals surface area (Å²) in [5, 5.41) is 0. The third-order valence-corrected chi connectivity index (χ3v) is 3.94. The molecule has 0 saturated carbocycles. The first-order valence-electron chi connectivity index (χ1n) is 7.90. The lowest BCUT2D eigenvalue weighted by Crippen LogP contribution is -2.39. The number of hydrogen-bond acceptors (Lipinski definition) is 6. The molecule has 1 amide bonds. The van der Waals surface area contributed by atoms with Crippen LogP contribution >= 0.6 is 0 Å². The van der Waals surface area contributed by atoms with Gasteiger partial charge in [0.2, 0.25) is 5.95 Å². The highest BCUT2D eigenvalue weighted by Crippen LogP contribution is 2.29. The van der Waals surface area contributed by atoms with E-state index in [-0.39, 0.29) is 17.7 Å². The minimum atomic E-state index is -4.50. The first kappa shape index (κ1) is 17.9. The molecule has 2 N–H and O–H groups in total. The molecule has 0 aliphatic carbocycles. The normalized spacial score (nSPS) is 15.7. The number of carbonyl (C=O) groups excluding carboxylic acids is 1. The van der Waals surface area contributed by atoms with Gasteiger partial charge >= 0.3 is 6.18 Å². The first-order chi connectivity index (χ1) is 12.3. The number of hydrogen-bond donors (Lipinski definition) is 1. The molecule has 1 aliphatic rings. The monoisotopic (exact) mass is 367 g/mol. The topological polar surface area (TPSA) is 94.2 Å². The summed E-state index contributed by atoms with van der Waals surface area (Å²) in [4.78, 5) is 24.2. The van der Waals surface area contributed by atoms with Gasteiger partial charge in [-0.3, -0.25) is 9.78 Å². The van der Waals surface area contributed by atoms with Gasteiger partial charge in [-0.1, -0.05) is 0 Å². The van der Waals surface area contributed by atoms with Crippen LogP contribution in [0.3, 0.4) is 0 Å². The van der Waals surface area contributed by atoms with Crippen LogP contribution < -0.4 is 15.4 Å². The van der Waals surface area contributed by atoms with Crippen molar-refractivity contribution in [3.05, 3.63) is 42.0 Å². The van der Waals surface area contributed by atoms with Gasteiger partial charge in [-0.15, -0.1) is 0 Å². The number of rotatable bonds is 4. The zero-order valence-electron chi connectivity index (χ0n) is 13.6. The van der Waals surface area contributed by atoms with E-state index in [4.69, 9.17) is 10.5 Å². The Labute approximate surface area is 147 Å². The molecule has 3 rings (SSSR count). The summed E-state index contributed by atoms with van der Waals surface area (Å²) in [5.41, 5.74) is 4.33. The summed E-state index contributed by atoms with van der Waals surface area (Å²) in [6.45, 7) is 0.916. The van der Waals surface area contributed by atoms with Crippen molar-refractivity contribution in [1.29, 1.82) is 0 Å². The molecule has 10 heteroatoms. The molecule has 0 aromatic carbocycles. The molecule has 2 aromatic rings. The fourth-order valence-corrected chi connectivity index (χ4v) is 2.64. The maximum absolute atomic E-state index is 12.8. The molecular weight excluding hydrogens is 351 g/mol. The number of halogens is 3. The molecular formula is C16H16F3N5O2. The van der Waals surface area contributed by atoms with Crippen molar-refractivity contribution in [3.63, 3.8) is 0 Å². The Morgan fingerprint density at radius 1 is 1.19 bits per heavy atom. The molecule has 0 atom stereocenters. The van der Waals surface area contributed by atoms with Crippen LogP contribution in [0.5, 0.6) is 5.75 Å². The number of alkyl halides is 3. The summed E-state index contributed by atoms with van der Waals surface area (Å²) >= 11 is 0. The maximum Gasteiger partial charge on any atom is 0.433 e. The molecule has 138 valence electrons. The number of aromatic nitrogens is 3. The maximum atomic E-state index is 12.8. The number of carbonyl (C=O) groups is 1. The molecule has 3 heterocycles. The number of nitrogens with zero attached hydrogens (tertiary/aromatic N) is 4. The van der Waals surface area contributed by atoms with Crippen LogP contribution in [0.4, 0.5) is 19.1 Å². The van der Waals surface area contributed by atoms with Crippen molar-refractivity contribution in [2.75, 3.05) is 18.0 Å². The zero-order valence-corrected chi connectivity index (χ0v) is 13.6. The summed E-state index contributed by atoms with van der Waals surface area (Å²) in [6.07, 6.45) is -0.947. The summed E-state index contributed by atoms with van der Waals surface area (Å²) in [5.74, 6) is -0.118. The molecule has 7 nitrogen and oxygen atoms in total. The van der Waals surface area contributed by atoms with Crippen molar-refractivity contribution in [2.24, 2.45) is 5.73 Å².